The van der Waals surface area contributed by atoms with Gasteiger partial charge in [-0.25, -0.2) is 18.1 Å². The number of nitrogens with zero attached hydrogens (tertiary/aromatic N) is 4. The summed E-state index contributed by atoms with van der Waals surface area (Å²) in [6.45, 7) is 5.35. The average molecular weight is 272 g/mol. The van der Waals surface area contributed by atoms with Crippen molar-refractivity contribution in [2.24, 2.45) is 0 Å². The maximum Gasteiger partial charge on any atom is 0.221 e. The summed E-state index contributed by atoms with van der Waals surface area (Å²) < 4.78 is 32.4. The number of aryl methyl sites for hydroxylation is 2. The lowest BCUT2D eigenvalue weighted by atomic mass is 10.2. The normalized spacial score (nSPS) is 22.8. The minimum absolute atomic E-state index is 0.113. The SMILES string of the molecule is Cc1nc(C)n(C2CN(S(=O)(=O)C3COC3)C2)n1. The fraction of sp³-hybridized carbons (Fsp3) is 0.800. The second kappa shape index (κ2) is 4.01. The van der Waals surface area contributed by atoms with Crippen molar-refractivity contribution in [2.75, 3.05) is 26.3 Å². The van der Waals surface area contributed by atoms with Crippen molar-refractivity contribution in [2.45, 2.75) is 25.1 Å². The molecule has 2 fully saturated rings. The van der Waals surface area contributed by atoms with Gasteiger partial charge < -0.3 is 4.74 Å². The lowest BCUT2D eigenvalue weighted by molar-refractivity contribution is 0.0366. The Labute approximate surface area is 106 Å². The molecule has 1 aromatic rings. The van der Waals surface area contributed by atoms with E-state index in [9.17, 15) is 8.42 Å². The average Bonchev–Trinajstić information content (AvgIpc) is 2.38. The van der Waals surface area contributed by atoms with Gasteiger partial charge in [-0.2, -0.15) is 9.40 Å². The Morgan fingerprint density at radius 3 is 2.39 bits per heavy atom. The van der Waals surface area contributed by atoms with Crippen LogP contribution in [0.4, 0.5) is 0 Å². The van der Waals surface area contributed by atoms with Crippen LogP contribution in [-0.4, -0.2) is 59.0 Å². The molecule has 0 saturated carbocycles. The predicted molar refractivity (Wildman–Crippen MR) is 63.6 cm³/mol. The van der Waals surface area contributed by atoms with E-state index in [0.29, 0.717) is 26.3 Å². The van der Waals surface area contributed by atoms with Crippen molar-refractivity contribution in [3.8, 4) is 0 Å². The van der Waals surface area contributed by atoms with Crippen LogP contribution in [-0.2, 0) is 14.8 Å². The second-order valence-electron chi connectivity index (χ2n) is 4.83. The quantitative estimate of drug-likeness (QED) is 0.740. The minimum Gasteiger partial charge on any atom is -0.378 e. The molecule has 18 heavy (non-hydrogen) atoms. The second-order valence-corrected chi connectivity index (χ2v) is 7.04. The fourth-order valence-corrected chi connectivity index (χ4v) is 3.98. The smallest absolute Gasteiger partial charge is 0.221 e. The number of hydrogen-bond acceptors (Lipinski definition) is 5. The molecule has 0 unspecified atom stereocenters. The number of rotatable bonds is 3. The zero-order chi connectivity index (χ0) is 12.9. The monoisotopic (exact) mass is 272 g/mol. The molecule has 0 aliphatic carbocycles. The van der Waals surface area contributed by atoms with Gasteiger partial charge in [-0.15, -0.1) is 0 Å². The van der Waals surface area contributed by atoms with Gasteiger partial charge in [-0.3, -0.25) is 0 Å². The van der Waals surface area contributed by atoms with E-state index in [1.165, 1.54) is 4.31 Å². The van der Waals surface area contributed by atoms with Gasteiger partial charge in [0.1, 0.15) is 16.9 Å². The Morgan fingerprint density at radius 1 is 1.28 bits per heavy atom. The molecule has 0 bridgehead atoms. The molecule has 0 radical (unpaired) electrons. The third-order valence-corrected chi connectivity index (χ3v) is 5.60. The maximum absolute atomic E-state index is 12.1. The molecule has 0 atom stereocenters. The van der Waals surface area contributed by atoms with Crippen molar-refractivity contribution in [1.29, 1.82) is 0 Å². The van der Waals surface area contributed by atoms with Crippen molar-refractivity contribution in [3.05, 3.63) is 11.6 Å². The number of hydrogen-bond donors (Lipinski definition) is 0. The molecule has 2 saturated heterocycles. The molecule has 1 aromatic heterocycles. The van der Waals surface area contributed by atoms with Gasteiger partial charge in [0.2, 0.25) is 10.0 Å². The third kappa shape index (κ3) is 1.75. The highest BCUT2D eigenvalue weighted by Gasteiger charge is 2.44. The van der Waals surface area contributed by atoms with Gasteiger partial charge in [-0.1, -0.05) is 0 Å². The van der Waals surface area contributed by atoms with Gasteiger partial charge >= 0.3 is 0 Å². The van der Waals surface area contributed by atoms with Crippen LogP contribution >= 0.6 is 0 Å². The van der Waals surface area contributed by atoms with Crippen LogP contribution in [0.3, 0.4) is 0 Å². The standard InChI is InChI=1S/C10H16N4O3S/c1-7-11-8(2)14(12-7)9-3-13(4-9)18(15,16)10-5-17-6-10/h9-10H,3-6H2,1-2H3. The van der Waals surface area contributed by atoms with E-state index in [-0.39, 0.29) is 11.3 Å². The highest BCUT2D eigenvalue weighted by atomic mass is 32.2. The minimum atomic E-state index is -3.17. The molecular weight excluding hydrogens is 256 g/mol. The first kappa shape index (κ1) is 12.1. The first-order valence-electron chi connectivity index (χ1n) is 5.95. The van der Waals surface area contributed by atoms with E-state index in [1.807, 2.05) is 18.5 Å². The summed E-state index contributed by atoms with van der Waals surface area (Å²) in [6, 6.07) is 0.113. The van der Waals surface area contributed by atoms with Crippen LogP contribution in [0.1, 0.15) is 17.7 Å². The van der Waals surface area contributed by atoms with Crippen LogP contribution in [0.25, 0.3) is 0 Å². The largest absolute Gasteiger partial charge is 0.378 e. The van der Waals surface area contributed by atoms with Crippen LogP contribution in [0, 0.1) is 13.8 Å². The summed E-state index contributed by atoms with van der Waals surface area (Å²) in [5.74, 6) is 1.56. The molecule has 3 heterocycles. The molecule has 2 aliphatic rings. The molecule has 0 aromatic carbocycles. The van der Waals surface area contributed by atoms with Crippen LogP contribution in [0.15, 0.2) is 0 Å². The van der Waals surface area contributed by atoms with Gasteiger partial charge in [0.25, 0.3) is 0 Å². The molecular formula is C10H16N4O3S. The number of sulfonamides is 1. The molecule has 2 aliphatic heterocycles. The Balaban J connectivity index is 1.68. The van der Waals surface area contributed by atoms with Crippen molar-refractivity contribution in [1.82, 2.24) is 19.1 Å². The molecule has 0 spiro atoms. The number of aromatic nitrogens is 3. The van der Waals surface area contributed by atoms with E-state index in [0.717, 1.165) is 11.6 Å². The van der Waals surface area contributed by atoms with Crippen LogP contribution in [0.5, 0.6) is 0 Å². The summed E-state index contributed by atoms with van der Waals surface area (Å²) >= 11 is 0. The molecule has 8 heteroatoms. The van der Waals surface area contributed by atoms with Gasteiger partial charge in [0.05, 0.1) is 19.3 Å². The summed E-state index contributed by atoms with van der Waals surface area (Å²) in [6.07, 6.45) is 0. The molecule has 100 valence electrons. The Kier molecular flexibility index (Phi) is 2.68. The van der Waals surface area contributed by atoms with Crippen molar-refractivity contribution in [3.63, 3.8) is 0 Å². The highest BCUT2D eigenvalue weighted by Crippen LogP contribution is 2.28. The summed E-state index contributed by atoms with van der Waals surface area (Å²) in [7, 11) is -3.17. The van der Waals surface area contributed by atoms with Crippen molar-refractivity contribution < 1.29 is 13.2 Å². The Morgan fingerprint density at radius 2 is 1.94 bits per heavy atom. The van der Waals surface area contributed by atoms with E-state index in [4.69, 9.17) is 4.74 Å². The summed E-state index contributed by atoms with van der Waals surface area (Å²) in [4.78, 5) is 4.23. The zero-order valence-corrected chi connectivity index (χ0v) is 11.2. The Hall–Kier alpha value is -0.990. The van der Waals surface area contributed by atoms with E-state index < -0.39 is 10.0 Å². The van der Waals surface area contributed by atoms with Crippen LogP contribution in [0.2, 0.25) is 0 Å². The van der Waals surface area contributed by atoms with E-state index in [2.05, 4.69) is 10.1 Å². The zero-order valence-electron chi connectivity index (χ0n) is 10.4. The maximum atomic E-state index is 12.1. The van der Waals surface area contributed by atoms with Gasteiger partial charge in [0, 0.05) is 13.1 Å². The summed E-state index contributed by atoms with van der Waals surface area (Å²) in [5.41, 5.74) is 0. The molecule has 3 rings (SSSR count). The van der Waals surface area contributed by atoms with Crippen molar-refractivity contribution >= 4 is 10.0 Å². The first-order valence-corrected chi connectivity index (χ1v) is 7.45. The molecule has 0 amide bonds. The van der Waals surface area contributed by atoms with Gasteiger partial charge in [-0.05, 0) is 13.8 Å². The summed E-state index contributed by atoms with van der Waals surface area (Å²) in [5, 5.41) is 3.94. The van der Waals surface area contributed by atoms with E-state index >= 15 is 0 Å². The molecule has 7 nitrogen and oxygen atoms in total. The van der Waals surface area contributed by atoms with Crippen LogP contribution < -0.4 is 0 Å². The predicted octanol–water partition coefficient (Wildman–Crippen LogP) is -0.520. The fourth-order valence-electron chi connectivity index (χ4n) is 2.26. The topological polar surface area (TPSA) is 77.3 Å². The lowest BCUT2D eigenvalue weighted by Gasteiger charge is -2.41. The lowest BCUT2D eigenvalue weighted by Crippen LogP contribution is -2.57. The third-order valence-electron chi connectivity index (χ3n) is 3.47. The number of ether oxygens (including phenoxy) is 1. The highest BCUT2D eigenvalue weighted by molar-refractivity contribution is 7.89. The van der Waals surface area contributed by atoms with E-state index in [1.54, 1.807) is 0 Å². The first-order chi connectivity index (χ1) is 8.48. The van der Waals surface area contributed by atoms with Gasteiger partial charge in [0.15, 0.2) is 0 Å². The molecule has 0 N–H and O–H groups in total. The Bertz CT molecular complexity index is 558.